The minimum absolute atomic E-state index is 0.0274. The van der Waals surface area contributed by atoms with Crippen molar-refractivity contribution < 1.29 is 13.6 Å². The summed E-state index contributed by atoms with van der Waals surface area (Å²) >= 11 is 0. The zero-order valence-corrected chi connectivity index (χ0v) is 22.3. The lowest BCUT2D eigenvalue weighted by atomic mass is 9.75. The van der Waals surface area contributed by atoms with Crippen LogP contribution in [0.25, 0.3) is 11.0 Å². The molecule has 0 amide bonds. The molecule has 38 heavy (non-hydrogen) atoms. The molecular weight excluding hydrogens is 486 g/mol. The third-order valence-corrected chi connectivity index (χ3v) is 10.3. The lowest BCUT2D eigenvalue weighted by Crippen LogP contribution is -2.56. The fourth-order valence-corrected chi connectivity index (χ4v) is 7.86. The average molecular weight is 527 g/mol. The van der Waals surface area contributed by atoms with Gasteiger partial charge < -0.3 is 9.88 Å². The number of alkyl halides is 2. The fraction of sp³-hybridized carbons (Fsp3) is 0.759. The van der Waals surface area contributed by atoms with Gasteiger partial charge in [-0.15, -0.1) is 0 Å². The second kappa shape index (κ2) is 9.51. The molecule has 7 nitrogen and oxygen atoms in total. The van der Waals surface area contributed by atoms with Crippen LogP contribution in [0.5, 0.6) is 0 Å². The first-order valence-corrected chi connectivity index (χ1v) is 15.0. The van der Waals surface area contributed by atoms with Gasteiger partial charge in [0, 0.05) is 67.7 Å². The number of piperazine rings is 1. The molecule has 1 spiro atoms. The summed E-state index contributed by atoms with van der Waals surface area (Å²) in [6.07, 6.45) is 14.9. The number of anilines is 1. The Labute approximate surface area is 223 Å². The van der Waals surface area contributed by atoms with Gasteiger partial charge >= 0.3 is 6.05 Å². The minimum Gasteiger partial charge on any atom is -0.351 e. The van der Waals surface area contributed by atoms with Crippen LogP contribution >= 0.6 is 0 Å². The molecule has 206 valence electrons. The summed E-state index contributed by atoms with van der Waals surface area (Å²) in [5, 5.41) is 4.55. The first kappa shape index (κ1) is 24.9. The molecule has 7 rings (SSSR count). The van der Waals surface area contributed by atoms with Crippen molar-refractivity contribution in [3.8, 4) is 0 Å². The molecule has 4 heterocycles. The maximum Gasteiger partial charge on any atom is 0.307 e. The van der Waals surface area contributed by atoms with Crippen molar-refractivity contribution >= 4 is 22.8 Å². The number of halogens is 2. The van der Waals surface area contributed by atoms with Crippen LogP contribution in [0.4, 0.5) is 14.7 Å². The molecule has 0 atom stereocenters. The van der Waals surface area contributed by atoms with Crippen LogP contribution in [-0.2, 0) is 5.54 Å². The molecule has 4 fully saturated rings. The van der Waals surface area contributed by atoms with Crippen molar-refractivity contribution in [3.05, 3.63) is 18.0 Å². The Morgan fingerprint density at radius 2 is 1.68 bits per heavy atom. The molecular formula is C29H40F2N6O. The Morgan fingerprint density at radius 1 is 0.947 bits per heavy atom. The van der Waals surface area contributed by atoms with Gasteiger partial charge in [-0.3, -0.25) is 9.69 Å². The van der Waals surface area contributed by atoms with Gasteiger partial charge in [0.2, 0.25) is 5.95 Å². The van der Waals surface area contributed by atoms with E-state index in [1.54, 1.807) is 0 Å². The second-order valence-corrected chi connectivity index (χ2v) is 12.6. The largest absolute Gasteiger partial charge is 0.351 e. The summed E-state index contributed by atoms with van der Waals surface area (Å²) in [4.78, 5) is 26.3. The molecule has 1 N–H and O–H groups in total. The van der Waals surface area contributed by atoms with Crippen molar-refractivity contribution in [1.29, 1.82) is 0 Å². The quantitative estimate of drug-likeness (QED) is 0.526. The highest BCUT2D eigenvalue weighted by Gasteiger charge is 2.51. The van der Waals surface area contributed by atoms with Crippen LogP contribution in [0, 0.1) is 5.92 Å². The van der Waals surface area contributed by atoms with Crippen LogP contribution in [-0.4, -0.2) is 74.4 Å². The van der Waals surface area contributed by atoms with E-state index in [1.807, 2.05) is 12.3 Å². The van der Waals surface area contributed by atoms with Gasteiger partial charge in [-0.1, -0.05) is 19.3 Å². The average Bonchev–Trinajstić information content (AvgIpc) is 3.73. The Balaban J connectivity index is 0.999. The van der Waals surface area contributed by atoms with Crippen molar-refractivity contribution in [2.75, 3.05) is 31.5 Å². The number of ketones is 1. The standard InChI is InChI=1S/C29H40F2N6O/c30-29(31,21-4-5-21)36-16-14-35(15-17-36)23-8-6-22(7-9-23)33-27-32-19-20-18-24-25(38)10-13-28(11-2-1-3-12-28)37(24)26(20)34-27/h18-19,21-23H,1-17H2,(H,32,33,34). The second-order valence-electron chi connectivity index (χ2n) is 12.6. The zero-order chi connectivity index (χ0) is 25.9. The van der Waals surface area contributed by atoms with Crippen LogP contribution in [0.3, 0.4) is 0 Å². The van der Waals surface area contributed by atoms with Crippen LogP contribution < -0.4 is 5.32 Å². The topological polar surface area (TPSA) is 66.3 Å². The summed E-state index contributed by atoms with van der Waals surface area (Å²) in [5.41, 5.74) is 1.75. The Hall–Kier alpha value is -2.13. The lowest BCUT2D eigenvalue weighted by molar-refractivity contribution is -0.176. The third kappa shape index (κ3) is 4.34. The molecule has 2 aliphatic heterocycles. The maximum absolute atomic E-state index is 14.5. The van der Waals surface area contributed by atoms with Gasteiger partial charge in [-0.05, 0) is 63.9 Å². The molecule has 9 heteroatoms. The number of hydrogen-bond acceptors (Lipinski definition) is 6. The maximum atomic E-state index is 14.5. The highest BCUT2D eigenvalue weighted by atomic mass is 19.3. The molecule has 3 saturated carbocycles. The van der Waals surface area contributed by atoms with E-state index in [0.717, 1.165) is 74.8 Å². The predicted molar refractivity (Wildman–Crippen MR) is 143 cm³/mol. The van der Waals surface area contributed by atoms with Crippen LogP contribution in [0.15, 0.2) is 12.3 Å². The van der Waals surface area contributed by atoms with Gasteiger partial charge in [0.05, 0.1) is 5.69 Å². The number of carbonyl (C=O) groups excluding carboxylic acids is 1. The lowest BCUT2D eigenvalue weighted by Gasteiger charge is -2.44. The number of nitrogens with one attached hydrogen (secondary N) is 1. The molecule has 0 bridgehead atoms. The Morgan fingerprint density at radius 3 is 2.39 bits per heavy atom. The van der Waals surface area contributed by atoms with Gasteiger partial charge in [0.15, 0.2) is 5.78 Å². The van der Waals surface area contributed by atoms with Gasteiger partial charge in [0.25, 0.3) is 0 Å². The Bertz CT molecular complexity index is 1190. The number of Topliss-reactive ketones (excluding diaryl/α,β-unsaturated/α-hetero) is 1. The van der Waals surface area contributed by atoms with E-state index >= 15 is 0 Å². The summed E-state index contributed by atoms with van der Waals surface area (Å²) in [7, 11) is 0. The number of aromatic nitrogens is 3. The van der Waals surface area contributed by atoms with E-state index < -0.39 is 12.0 Å². The predicted octanol–water partition coefficient (Wildman–Crippen LogP) is 5.41. The van der Waals surface area contributed by atoms with Gasteiger partial charge in [-0.2, -0.15) is 13.8 Å². The molecule has 0 unspecified atom stereocenters. The first-order chi connectivity index (χ1) is 18.4. The van der Waals surface area contributed by atoms with Crippen LogP contribution in [0.2, 0.25) is 0 Å². The van der Waals surface area contributed by atoms with E-state index in [4.69, 9.17) is 4.98 Å². The van der Waals surface area contributed by atoms with E-state index in [1.165, 1.54) is 24.2 Å². The molecule has 0 radical (unpaired) electrons. The molecule has 0 aromatic carbocycles. The minimum atomic E-state index is -2.61. The first-order valence-electron chi connectivity index (χ1n) is 15.0. The van der Waals surface area contributed by atoms with Gasteiger partial charge in [0.1, 0.15) is 5.65 Å². The number of rotatable bonds is 5. The third-order valence-electron chi connectivity index (χ3n) is 10.3. The summed E-state index contributed by atoms with van der Waals surface area (Å²) in [6, 6.07) is 0.175. The van der Waals surface area contributed by atoms with Crippen molar-refractivity contribution in [2.45, 2.75) is 107 Å². The summed E-state index contributed by atoms with van der Waals surface area (Å²) in [6.45, 7) is 2.43. The van der Waals surface area contributed by atoms with Crippen LogP contribution in [0.1, 0.15) is 94.0 Å². The molecule has 3 aliphatic carbocycles. The smallest absolute Gasteiger partial charge is 0.307 e. The van der Waals surface area contributed by atoms with Crippen molar-refractivity contribution in [2.24, 2.45) is 5.92 Å². The van der Waals surface area contributed by atoms with E-state index in [0.29, 0.717) is 50.4 Å². The van der Waals surface area contributed by atoms with Gasteiger partial charge in [-0.25, -0.2) is 9.88 Å². The molecule has 5 aliphatic rings. The fourth-order valence-electron chi connectivity index (χ4n) is 7.86. The zero-order valence-electron chi connectivity index (χ0n) is 22.3. The number of nitrogens with zero attached hydrogens (tertiary/aromatic N) is 5. The summed E-state index contributed by atoms with van der Waals surface area (Å²) < 4.78 is 31.3. The molecule has 2 aromatic heterocycles. The number of fused-ring (bicyclic) bond motifs is 4. The van der Waals surface area contributed by atoms with E-state index in [2.05, 4.69) is 19.8 Å². The van der Waals surface area contributed by atoms with Crippen molar-refractivity contribution in [3.63, 3.8) is 0 Å². The number of hydrogen-bond donors (Lipinski definition) is 1. The summed E-state index contributed by atoms with van der Waals surface area (Å²) in [5.74, 6) is 0.467. The highest BCUT2D eigenvalue weighted by molar-refractivity contribution is 6.00. The van der Waals surface area contributed by atoms with E-state index in [9.17, 15) is 13.6 Å². The normalized spacial score (nSPS) is 29.1. The molecule has 1 saturated heterocycles. The monoisotopic (exact) mass is 526 g/mol. The van der Waals surface area contributed by atoms with Crippen molar-refractivity contribution in [1.82, 2.24) is 24.3 Å². The van der Waals surface area contributed by atoms with E-state index in [-0.39, 0.29) is 11.3 Å². The molecule has 2 aromatic rings. The SMILES string of the molecule is O=C1CCC2(CCCCC2)n2c1cc1cnc(NC3CCC(N4CCN(C(F)(F)C5CC5)CC4)CC3)nc12. The Kier molecular flexibility index (Phi) is 6.22. The highest BCUT2D eigenvalue weighted by Crippen LogP contribution is 2.46. The number of carbonyl (C=O) groups is 1.